The van der Waals surface area contributed by atoms with Crippen LogP contribution in [0.2, 0.25) is 0 Å². The third-order valence-electron chi connectivity index (χ3n) is 3.29. The van der Waals surface area contributed by atoms with Gasteiger partial charge in [-0.15, -0.1) is 11.3 Å². The molecule has 1 aromatic carbocycles. The molecule has 1 atom stereocenters. The van der Waals surface area contributed by atoms with E-state index in [1.165, 1.54) is 21.1 Å². The second-order valence-corrected chi connectivity index (χ2v) is 7.00. The number of benzene rings is 1. The van der Waals surface area contributed by atoms with E-state index in [1.54, 1.807) is 0 Å². The number of thiazole rings is 1. The molecular weight excluding hydrogens is 332 g/mol. The molecule has 0 amide bonds. The molecule has 0 radical (unpaired) electrons. The van der Waals surface area contributed by atoms with E-state index in [0.717, 1.165) is 23.9 Å². The molecule has 0 saturated carbocycles. The fourth-order valence-corrected chi connectivity index (χ4v) is 3.57. The quantitative estimate of drug-likeness (QED) is 0.802. The lowest BCUT2D eigenvalue weighted by Gasteiger charge is -2.16. The molecule has 2 aromatic rings. The molecule has 0 fully saturated rings. The smallest absolute Gasteiger partial charge is 0.115 e. The first-order valence-corrected chi connectivity index (χ1v) is 8.71. The SMILES string of the molecule is CCCNC(c1ccc(Br)cc1)c1nc(CC)c(C)s1. The Bertz CT molecular complexity index is 548. The van der Waals surface area contributed by atoms with Gasteiger partial charge in [-0.1, -0.05) is 41.9 Å². The molecule has 0 aliphatic carbocycles. The molecule has 1 N–H and O–H groups in total. The van der Waals surface area contributed by atoms with Crippen LogP contribution in [0.4, 0.5) is 0 Å². The molecular formula is C16H21BrN2S. The Hall–Kier alpha value is -0.710. The third kappa shape index (κ3) is 3.68. The highest BCUT2D eigenvalue weighted by molar-refractivity contribution is 9.10. The standard InChI is InChI=1S/C16H21BrN2S/c1-4-10-18-15(12-6-8-13(17)9-7-12)16-19-14(5-2)11(3)20-16/h6-9,15,18H,4-5,10H2,1-3H3. The molecule has 2 rings (SSSR count). The molecule has 1 aromatic heterocycles. The van der Waals surface area contributed by atoms with Crippen LogP contribution < -0.4 is 5.32 Å². The minimum absolute atomic E-state index is 0.201. The van der Waals surface area contributed by atoms with Crippen LogP contribution in [-0.2, 0) is 6.42 Å². The van der Waals surface area contributed by atoms with Crippen molar-refractivity contribution in [1.29, 1.82) is 0 Å². The minimum atomic E-state index is 0.201. The summed E-state index contributed by atoms with van der Waals surface area (Å²) in [5.41, 5.74) is 2.50. The summed E-state index contributed by atoms with van der Waals surface area (Å²) >= 11 is 5.31. The van der Waals surface area contributed by atoms with Gasteiger partial charge in [0.05, 0.1) is 11.7 Å². The number of nitrogens with zero attached hydrogens (tertiary/aromatic N) is 1. The topological polar surface area (TPSA) is 24.9 Å². The van der Waals surface area contributed by atoms with Crippen LogP contribution in [0.3, 0.4) is 0 Å². The molecule has 1 unspecified atom stereocenters. The normalized spacial score (nSPS) is 12.6. The van der Waals surface area contributed by atoms with E-state index in [9.17, 15) is 0 Å². The Morgan fingerprint density at radius 2 is 1.95 bits per heavy atom. The Kier molecular flexibility index (Phi) is 5.75. The Morgan fingerprint density at radius 3 is 2.50 bits per heavy atom. The summed E-state index contributed by atoms with van der Waals surface area (Å²) in [6.45, 7) is 7.52. The van der Waals surface area contributed by atoms with Crippen LogP contribution in [0.1, 0.15) is 47.5 Å². The Labute approximate surface area is 133 Å². The van der Waals surface area contributed by atoms with Crippen LogP contribution >= 0.6 is 27.3 Å². The average Bonchev–Trinajstić information content (AvgIpc) is 2.82. The van der Waals surface area contributed by atoms with Crippen molar-refractivity contribution in [3.8, 4) is 0 Å². The fourth-order valence-electron chi connectivity index (χ4n) is 2.19. The van der Waals surface area contributed by atoms with Crippen molar-refractivity contribution in [1.82, 2.24) is 10.3 Å². The maximum atomic E-state index is 4.82. The summed E-state index contributed by atoms with van der Waals surface area (Å²) in [5.74, 6) is 0. The van der Waals surface area contributed by atoms with Crippen molar-refractivity contribution < 1.29 is 0 Å². The zero-order valence-corrected chi connectivity index (χ0v) is 14.6. The predicted octanol–water partition coefficient (Wildman–Crippen LogP) is 4.87. The summed E-state index contributed by atoms with van der Waals surface area (Å²) in [5, 5.41) is 4.79. The number of hydrogen-bond acceptors (Lipinski definition) is 3. The molecule has 0 aliphatic heterocycles. The second kappa shape index (κ2) is 7.34. The maximum absolute atomic E-state index is 4.82. The predicted molar refractivity (Wildman–Crippen MR) is 90.5 cm³/mol. The first kappa shape index (κ1) is 15.7. The van der Waals surface area contributed by atoms with Gasteiger partial charge >= 0.3 is 0 Å². The first-order valence-electron chi connectivity index (χ1n) is 7.10. The minimum Gasteiger partial charge on any atom is -0.304 e. The van der Waals surface area contributed by atoms with Gasteiger partial charge in [0.25, 0.3) is 0 Å². The van der Waals surface area contributed by atoms with Crippen molar-refractivity contribution in [2.24, 2.45) is 0 Å². The molecule has 1 heterocycles. The van der Waals surface area contributed by atoms with Gasteiger partial charge in [0.2, 0.25) is 0 Å². The average molecular weight is 353 g/mol. The van der Waals surface area contributed by atoms with Crippen LogP contribution in [0.25, 0.3) is 0 Å². The molecule has 20 heavy (non-hydrogen) atoms. The van der Waals surface area contributed by atoms with Crippen molar-refractivity contribution in [3.63, 3.8) is 0 Å². The van der Waals surface area contributed by atoms with E-state index in [1.807, 2.05) is 11.3 Å². The highest BCUT2D eigenvalue weighted by atomic mass is 79.9. The van der Waals surface area contributed by atoms with Gasteiger partial charge in [-0.3, -0.25) is 0 Å². The van der Waals surface area contributed by atoms with Gasteiger partial charge in [-0.25, -0.2) is 4.98 Å². The molecule has 2 nitrogen and oxygen atoms in total. The molecule has 0 saturated heterocycles. The summed E-state index contributed by atoms with van der Waals surface area (Å²) in [4.78, 5) is 6.16. The van der Waals surface area contributed by atoms with E-state index in [2.05, 4.69) is 66.3 Å². The van der Waals surface area contributed by atoms with E-state index < -0.39 is 0 Å². The number of aryl methyl sites for hydroxylation is 2. The number of nitrogens with one attached hydrogen (secondary N) is 1. The van der Waals surface area contributed by atoms with E-state index >= 15 is 0 Å². The van der Waals surface area contributed by atoms with Crippen LogP contribution in [0, 0.1) is 6.92 Å². The second-order valence-electron chi connectivity index (χ2n) is 4.85. The monoisotopic (exact) mass is 352 g/mol. The Balaban J connectivity index is 2.33. The lowest BCUT2D eigenvalue weighted by molar-refractivity contribution is 0.594. The zero-order valence-electron chi connectivity index (χ0n) is 12.2. The van der Waals surface area contributed by atoms with E-state index in [4.69, 9.17) is 4.98 Å². The van der Waals surface area contributed by atoms with Gasteiger partial charge in [-0.2, -0.15) is 0 Å². The highest BCUT2D eigenvalue weighted by Crippen LogP contribution is 2.29. The van der Waals surface area contributed by atoms with Gasteiger partial charge in [0.15, 0.2) is 0 Å². The molecule has 4 heteroatoms. The summed E-state index contributed by atoms with van der Waals surface area (Å²) < 4.78 is 1.11. The van der Waals surface area contributed by atoms with Crippen molar-refractivity contribution in [2.45, 2.75) is 39.7 Å². The lowest BCUT2D eigenvalue weighted by atomic mass is 10.1. The van der Waals surface area contributed by atoms with Crippen LogP contribution in [0.5, 0.6) is 0 Å². The molecule has 0 bridgehead atoms. The van der Waals surface area contributed by atoms with Gasteiger partial charge in [-0.05, 0) is 44.0 Å². The van der Waals surface area contributed by atoms with Crippen LogP contribution in [0.15, 0.2) is 28.7 Å². The molecule has 0 spiro atoms. The summed E-state index contributed by atoms with van der Waals surface area (Å²) in [6.07, 6.45) is 2.13. The third-order valence-corrected chi connectivity index (χ3v) is 4.90. The van der Waals surface area contributed by atoms with Gasteiger partial charge < -0.3 is 5.32 Å². The Morgan fingerprint density at radius 1 is 1.25 bits per heavy atom. The van der Waals surface area contributed by atoms with E-state index in [0.29, 0.717) is 0 Å². The number of aromatic nitrogens is 1. The number of rotatable bonds is 6. The van der Waals surface area contributed by atoms with Crippen molar-refractivity contribution in [3.05, 3.63) is 49.9 Å². The molecule has 0 aliphatic rings. The fraction of sp³-hybridized carbons (Fsp3) is 0.438. The van der Waals surface area contributed by atoms with Crippen LogP contribution in [-0.4, -0.2) is 11.5 Å². The summed E-state index contributed by atoms with van der Waals surface area (Å²) in [6, 6.07) is 8.72. The zero-order chi connectivity index (χ0) is 14.5. The maximum Gasteiger partial charge on any atom is 0.115 e. The van der Waals surface area contributed by atoms with Gasteiger partial charge in [0, 0.05) is 9.35 Å². The number of hydrogen-bond donors (Lipinski definition) is 1. The van der Waals surface area contributed by atoms with E-state index in [-0.39, 0.29) is 6.04 Å². The highest BCUT2D eigenvalue weighted by Gasteiger charge is 2.18. The first-order chi connectivity index (χ1) is 9.65. The number of halogens is 1. The van der Waals surface area contributed by atoms with Crippen molar-refractivity contribution in [2.75, 3.05) is 6.54 Å². The van der Waals surface area contributed by atoms with Gasteiger partial charge in [0.1, 0.15) is 5.01 Å². The lowest BCUT2D eigenvalue weighted by Crippen LogP contribution is -2.23. The molecule has 108 valence electrons. The summed E-state index contributed by atoms with van der Waals surface area (Å²) in [7, 11) is 0. The largest absolute Gasteiger partial charge is 0.304 e. The van der Waals surface area contributed by atoms with Crippen molar-refractivity contribution >= 4 is 27.3 Å².